The van der Waals surface area contributed by atoms with Crippen LogP contribution in [0, 0.1) is 0 Å². The molecule has 0 amide bonds. The van der Waals surface area contributed by atoms with Gasteiger partial charge in [-0.1, -0.05) is 7.43 Å². The van der Waals surface area contributed by atoms with Crippen molar-refractivity contribution in [1.29, 1.82) is 0 Å². The molecular weight excluding hydrogens is 133 g/mol. The van der Waals surface area contributed by atoms with Gasteiger partial charge in [-0.3, -0.25) is 0 Å². The van der Waals surface area contributed by atoms with Crippen molar-refractivity contribution >= 4 is 0 Å². The maximum Gasteiger partial charge on any atom is 0.209 e. The van der Waals surface area contributed by atoms with Crippen LogP contribution in [-0.4, -0.2) is 36.0 Å². The number of nitrogens with zero attached hydrogens (tertiary/aromatic N) is 1. The molecule has 10 heavy (non-hydrogen) atoms. The molecule has 1 N–H and O–H groups in total. The first-order valence-electron chi connectivity index (χ1n) is 3.20. The monoisotopic (exact) mass is 149 g/mol. The van der Waals surface area contributed by atoms with Gasteiger partial charge in [0.25, 0.3) is 0 Å². The molecule has 3 heteroatoms. The fourth-order valence-electron chi connectivity index (χ4n) is 0.961. The molecule has 0 spiro atoms. The van der Waals surface area contributed by atoms with Gasteiger partial charge in [-0.25, -0.2) is 4.39 Å². The van der Waals surface area contributed by atoms with E-state index in [9.17, 15) is 4.39 Å². The predicted octanol–water partition coefficient (Wildman–Crippen LogP) is 1.01. The summed E-state index contributed by atoms with van der Waals surface area (Å²) in [5.74, 6) is -1.88. The van der Waals surface area contributed by atoms with Crippen LogP contribution in [0.3, 0.4) is 0 Å². The fraction of sp³-hybridized carbons (Fsp3) is 1.00. The minimum Gasteiger partial charge on any atom is -0.362 e. The molecule has 1 heterocycles. The largest absolute Gasteiger partial charge is 0.362 e. The van der Waals surface area contributed by atoms with Crippen LogP contribution < -0.4 is 0 Å². The zero-order chi connectivity index (χ0) is 6.91. The Morgan fingerprint density at radius 1 is 1.40 bits per heavy atom. The molecule has 0 unspecified atom stereocenters. The molecule has 0 aliphatic carbocycles. The van der Waals surface area contributed by atoms with E-state index >= 15 is 0 Å². The van der Waals surface area contributed by atoms with Gasteiger partial charge in [-0.05, 0) is 7.05 Å². The smallest absolute Gasteiger partial charge is 0.209 e. The number of halogens is 1. The molecule has 0 atom stereocenters. The number of likely N-dealkylation sites (tertiary alicyclic amines) is 1. The van der Waals surface area contributed by atoms with E-state index in [-0.39, 0.29) is 20.3 Å². The van der Waals surface area contributed by atoms with Gasteiger partial charge in [0.15, 0.2) is 0 Å². The lowest BCUT2D eigenvalue weighted by Crippen LogP contribution is -2.39. The third kappa shape index (κ3) is 2.62. The van der Waals surface area contributed by atoms with Crippen LogP contribution in [-0.2, 0) is 0 Å². The Morgan fingerprint density at radius 2 is 1.80 bits per heavy atom. The van der Waals surface area contributed by atoms with E-state index < -0.39 is 5.85 Å². The minimum atomic E-state index is -1.88. The van der Waals surface area contributed by atoms with Crippen molar-refractivity contribution in [3.05, 3.63) is 0 Å². The molecule has 1 aliphatic heterocycles. The van der Waals surface area contributed by atoms with E-state index in [4.69, 9.17) is 5.11 Å². The van der Waals surface area contributed by atoms with Crippen LogP contribution in [0.5, 0.6) is 0 Å². The lowest BCUT2D eigenvalue weighted by atomic mass is 10.1. The highest BCUT2D eigenvalue weighted by molar-refractivity contribution is 4.74. The average molecular weight is 149 g/mol. The lowest BCUT2D eigenvalue weighted by Gasteiger charge is -2.29. The fourth-order valence-corrected chi connectivity index (χ4v) is 0.961. The summed E-state index contributed by atoms with van der Waals surface area (Å²) in [4.78, 5) is 2.01. The first-order valence-corrected chi connectivity index (χ1v) is 3.20. The Labute approximate surface area is 61.6 Å². The van der Waals surface area contributed by atoms with Crippen LogP contribution in [0.25, 0.3) is 0 Å². The van der Waals surface area contributed by atoms with Gasteiger partial charge >= 0.3 is 0 Å². The van der Waals surface area contributed by atoms with Crippen LogP contribution in [0.2, 0.25) is 0 Å². The second kappa shape index (κ2) is 3.30. The molecule has 0 radical (unpaired) electrons. The number of aliphatic hydroxyl groups is 1. The van der Waals surface area contributed by atoms with Gasteiger partial charge in [0.2, 0.25) is 5.85 Å². The first-order chi connectivity index (χ1) is 4.10. The summed E-state index contributed by atoms with van der Waals surface area (Å²) in [7, 11) is 1.93. The Balaban J connectivity index is 0.000000810. The van der Waals surface area contributed by atoms with Crippen molar-refractivity contribution in [3.8, 4) is 0 Å². The number of hydrogen-bond donors (Lipinski definition) is 1. The molecule has 0 aromatic rings. The molecule has 0 aromatic carbocycles. The summed E-state index contributed by atoms with van der Waals surface area (Å²) in [5.41, 5.74) is 0. The normalized spacial score (nSPS) is 25.5. The minimum absolute atomic E-state index is 0. The van der Waals surface area contributed by atoms with Crippen molar-refractivity contribution in [2.75, 3.05) is 20.1 Å². The van der Waals surface area contributed by atoms with E-state index in [1.54, 1.807) is 0 Å². The van der Waals surface area contributed by atoms with E-state index in [1.807, 2.05) is 11.9 Å². The van der Waals surface area contributed by atoms with Gasteiger partial charge < -0.3 is 10.0 Å². The van der Waals surface area contributed by atoms with Gasteiger partial charge in [-0.15, -0.1) is 0 Å². The summed E-state index contributed by atoms with van der Waals surface area (Å²) in [6.07, 6.45) is 0.507. The lowest BCUT2D eigenvalue weighted by molar-refractivity contribution is -0.123. The van der Waals surface area contributed by atoms with Crippen LogP contribution in [0.1, 0.15) is 20.3 Å². The highest BCUT2D eigenvalue weighted by Gasteiger charge is 2.29. The molecule has 0 bridgehead atoms. The van der Waals surface area contributed by atoms with Crippen LogP contribution in [0.4, 0.5) is 4.39 Å². The zero-order valence-corrected chi connectivity index (χ0v) is 5.60. The summed E-state index contributed by atoms with van der Waals surface area (Å²) in [6, 6.07) is 0. The molecule has 62 valence electrons. The molecule has 2 nitrogen and oxygen atoms in total. The SMILES string of the molecule is C.CN1CCC(O)(F)CC1. The summed E-state index contributed by atoms with van der Waals surface area (Å²) < 4.78 is 12.6. The third-order valence-corrected chi connectivity index (χ3v) is 1.75. The van der Waals surface area contributed by atoms with Gasteiger partial charge in [-0.2, -0.15) is 0 Å². The van der Waals surface area contributed by atoms with Gasteiger partial charge in [0.1, 0.15) is 0 Å². The van der Waals surface area contributed by atoms with Crippen molar-refractivity contribution in [2.45, 2.75) is 26.1 Å². The Morgan fingerprint density at radius 3 is 2.10 bits per heavy atom. The van der Waals surface area contributed by atoms with Crippen molar-refractivity contribution in [3.63, 3.8) is 0 Å². The molecule has 1 saturated heterocycles. The standard InChI is InChI=1S/C6H12FNO.CH4/c1-8-4-2-6(7,9)3-5-8;/h9H,2-5H2,1H3;1H4. The zero-order valence-electron chi connectivity index (χ0n) is 5.60. The van der Waals surface area contributed by atoms with Crippen LogP contribution in [0.15, 0.2) is 0 Å². The Bertz CT molecular complexity index is 95.8. The Hall–Kier alpha value is -0.150. The van der Waals surface area contributed by atoms with Gasteiger partial charge in [0, 0.05) is 25.9 Å². The van der Waals surface area contributed by atoms with E-state index in [0.29, 0.717) is 13.1 Å². The number of piperidine rings is 1. The number of alkyl halides is 1. The summed E-state index contributed by atoms with van der Waals surface area (Å²) >= 11 is 0. The van der Waals surface area contributed by atoms with Crippen molar-refractivity contribution in [2.24, 2.45) is 0 Å². The maximum absolute atomic E-state index is 12.6. The van der Waals surface area contributed by atoms with Crippen molar-refractivity contribution < 1.29 is 9.50 Å². The summed E-state index contributed by atoms with van der Waals surface area (Å²) in [6.45, 7) is 1.32. The second-order valence-electron chi connectivity index (χ2n) is 2.72. The third-order valence-electron chi connectivity index (χ3n) is 1.75. The Kier molecular flexibility index (Phi) is 3.25. The first kappa shape index (κ1) is 9.85. The van der Waals surface area contributed by atoms with E-state index in [2.05, 4.69) is 0 Å². The number of rotatable bonds is 0. The average Bonchev–Trinajstić information content (AvgIpc) is 1.78. The summed E-state index contributed by atoms with van der Waals surface area (Å²) in [5, 5.41) is 8.80. The molecule has 0 saturated carbocycles. The molecular formula is C7H16FNO. The van der Waals surface area contributed by atoms with Crippen LogP contribution >= 0.6 is 0 Å². The second-order valence-corrected chi connectivity index (χ2v) is 2.72. The van der Waals surface area contributed by atoms with Crippen molar-refractivity contribution in [1.82, 2.24) is 4.90 Å². The highest BCUT2D eigenvalue weighted by atomic mass is 19.2. The highest BCUT2D eigenvalue weighted by Crippen LogP contribution is 2.21. The topological polar surface area (TPSA) is 23.5 Å². The molecule has 0 aromatic heterocycles. The van der Waals surface area contributed by atoms with E-state index in [1.165, 1.54) is 0 Å². The molecule has 1 fully saturated rings. The van der Waals surface area contributed by atoms with E-state index in [0.717, 1.165) is 0 Å². The van der Waals surface area contributed by atoms with Gasteiger partial charge in [0.05, 0.1) is 0 Å². The molecule has 1 rings (SSSR count). The quantitative estimate of drug-likeness (QED) is 0.555. The maximum atomic E-state index is 12.6. The molecule has 1 aliphatic rings. The number of hydrogen-bond acceptors (Lipinski definition) is 2. The predicted molar refractivity (Wildman–Crippen MR) is 39.5 cm³/mol.